The molecule has 0 aromatic heterocycles. The molecule has 0 radical (unpaired) electrons. The molecule has 2 atom stereocenters. The third kappa shape index (κ3) is 3.89. The van der Waals surface area contributed by atoms with Gasteiger partial charge in [-0.2, -0.15) is 0 Å². The Morgan fingerprint density at radius 3 is 2.15 bits per heavy atom. The Kier molecular flexibility index (Phi) is 4.42. The van der Waals surface area contributed by atoms with Crippen LogP contribution in [-0.4, -0.2) is 29.2 Å². The lowest BCUT2D eigenvalue weighted by Gasteiger charge is -2.11. The van der Waals surface area contributed by atoms with Gasteiger partial charge in [0, 0.05) is 6.42 Å². The molecule has 3 nitrogen and oxygen atoms in total. The number of hydrogen-bond acceptors (Lipinski definition) is 3. The maximum atomic E-state index is 8.70. The summed E-state index contributed by atoms with van der Waals surface area (Å²) in [5.74, 6) is 0. The normalized spacial score (nSPS) is 32.0. The fourth-order valence-corrected chi connectivity index (χ4v) is 1.25. The van der Waals surface area contributed by atoms with Gasteiger partial charge in [-0.15, -0.1) is 0 Å². The summed E-state index contributed by atoms with van der Waals surface area (Å²) in [7, 11) is 0. The van der Waals surface area contributed by atoms with Crippen molar-refractivity contribution in [1.82, 2.24) is 0 Å². The Balaban J connectivity index is 0.000000145. The van der Waals surface area contributed by atoms with Crippen LogP contribution in [0.1, 0.15) is 32.1 Å². The highest BCUT2D eigenvalue weighted by molar-refractivity contribution is 5.01. The van der Waals surface area contributed by atoms with Gasteiger partial charge >= 0.3 is 0 Å². The number of allylic oxidation sites excluding steroid dienone is 1. The van der Waals surface area contributed by atoms with Crippen LogP contribution in [0.25, 0.3) is 0 Å². The summed E-state index contributed by atoms with van der Waals surface area (Å²) in [6, 6.07) is 0. The lowest BCUT2D eigenvalue weighted by molar-refractivity contribution is -0.101. The van der Waals surface area contributed by atoms with E-state index in [1.54, 1.807) is 0 Å². The fraction of sp³-hybridized carbons (Fsp3) is 0.800. The maximum absolute atomic E-state index is 8.70. The summed E-state index contributed by atoms with van der Waals surface area (Å²) in [5, 5.41) is 17.1. The molecule has 2 fully saturated rings. The molecule has 2 unspecified atom stereocenters. The SMILES string of the molecule is C=C1CCC1.OCC1CCC(O)O1. The van der Waals surface area contributed by atoms with Crippen molar-refractivity contribution in [2.75, 3.05) is 6.61 Å². The zero-order valence-corrected chi connectivity index (χ0v) is 7.91. The van der Waals surface area contributed by atoms with Crippen molar-refractivity contribution in [1.29, 1.82) is 0 Å². The highest BCUT2D eigenvalue weighted by Gasteiger charge is 2.21. The lowest BCUT2D eigenvalue weighted by Crippen LogP contribution is -2.13. The van der Waals surface area contributed by atoms with E-state index in [0.717, 1.165) is 6.42 Å². The summed E-state index contributed by atoms with van der Waals surface area (Å²) >= 11 is 0. The highest BCUT2D eigenvalue weighted by atomic mass is 16.6. The number of ether oxygens (including phenoxy) is 1. The first-order valence-electron chi connectivity index (χ1n) is 4.83. The maximum Gasteiger partial charge on any atom is 0.155 e. The molecule has 2 rings (SSSR count). The van der Waals surface area contributed by atoms with Crippen molar-refractivity contribution in [3.63, 3.8) is 0 Å². The standard InChI is InChI=1S/C5H10O3.C5H8/c6-3-4-1-2-5(7)8-4;1-5-3-2-4-5/h4-7H,1-3H2;1-4H2. The van der Waals surface area contributed by atoms with E-state index in [9.17, 15) is 0 Å². The molecule has 0 spiro atoms. The minimum absolute atomic E-state index is 0.0249. The van der Waals surface area contributed by atoms with E-state index in [1.165, 1.54) is 24.8 Å². The van der Waals surface area contributed by atoms with Crippen LogP contribution >= 0.6 is 0 Å². The number of aliphatic hydroxyl groups is 2. The van der Waals surface area contributed by atoms with E-state index >= 15 is 0 Å². The summed E-state index contributed by atoms with van der Waals surface area (Å²) < 4.78 is 4.82. The molecule has 1 saturated carbocycles. The summed E-state index contributed by atoms with van der Waals surface area (Å²) in [6.07, 6.45) is 4.65. The highest BCUT2D eigenvalue weighted by Crippen LogP contribution is 2.21. The molecular weight excluding hydrogens is 168 g/mol. The van der Waals surface area contributed by atoms with Gasteiger partial charge in [0.1, 0.15) is 0 Å². The number of hydrogen-bond donors (Lipinski definition) is 2. The van der Waals surface area contributed by atoms with Crippen molar-refractivity contribution < 1.29 is 14.9 Å². The number of rotatable bonds is 1. The van der Waals surface area contributed by atoms with Gasteiger partial charge in [-0.1, -0.05) is 12.2 Å². The van der Waals surface area contributed by atoms with E-state index in [2.05, 4.69) is 6.58 Å². The molecule has 1 saturated heterocycles. The minimum Gasteiger partial charge on any atom is -0.394 e. The molecule has 76 valence electrons. The van der Waals surface area contributed by atoms with Crippen molar-refractivity contribution in [3.8, 4) is 0 Å². The van der Waals surface area contributed by atoms with Crippen molar-refractivity contribution in [3.05, 3.63) is 12.2 Å². The summed E-state index contributed by atoms with van der Waals surface area (Å²) in [6.45, 7) is 3.79. The lowest BCUT2D eigenvalue weighted by atomic mass is 9.95. The van der Waals surface area contributed by atoms with E-state index in [1.807, 2.05) is 0 Å². The molecular formula is C10H18O3. The van der Waals surface area contributed by atoms with Gasteiger partial charge in [0.15, 0.2) is 6.29 Å². The van der Waals surface area contributed by atoms with E-state index in [-0.39, 0.29) is 12.7 Å². The van der Waals surface area contributed by atoms with Crippen molar-refractivity contribution >= 4 is 0 Å². The zero-order chi connectivity index (χ0) is 9.68. The molecule has 1 aliphatic carbocycles. The molecule has 2 N–H and O–H groups in total. The van der Waals surface area contributed by atoms with Gasteiger partial charge in [-0.25, -0.2) is 0 Å². The quantitative estimate of drug-likeness (QED) is 0.605. The van der Waals surface area contributed by atoms with Crippen LogP contribution in [0, 0.1) is 0 Å². The van der Waals surface area contributed by atoms with Crippen LogP contribution in [0.2, 0.25) is 0 Å². The Hall–Kier alpha value is -0.380. The predicted molar refractivity (Wildman–Crippen MR) is 50.2 cm³/mol. The Labute approximate surface area is 79.0 Å². The van der Waals surface area contributed by atoms with E-state index in [0.29, 0.717) is 6.42 Å². The number of aliphatic hydroxyl groups excluding tert-OH is 2. The Morgan fingerprint density at radius 1 is 1.38 bits per heavy atom. The molecule has 1 heterocycles. The fourth-order valence-electron chi connectivity index (χ4n) is 1.25. The molecule has 0 bridgehead atoms. The largest absolute Gasteiger partial charge is 0.394 e. The average Bonchev–Trinajstić information content (AvgIpc) is 2.49. The van der Waals surface area contributed by atoms with Crippen LogP contribution in [0.4, 0.5) is 0 Å². The average molecular weight is 186 g/mol. The van der Waals surface area contributed by atoms with Crippen molar-refractivity contribution in [2.45, 2.75) is 44.5 Å². The molecule has 1 aliphatic heterocycles. The minimum atomic E-state index is -0.632. The first kappa shape index (κ1) is 10.7. The van der Waals surface area contributed by atoms with Crippen LogP contribution in [0.5, 0.6) is 0 Å². The molecule has 0 amide bonds. The smallest absolute Gasteiger partial charge is 0.155 e. The van der Waals surface area contributed by atoms with Gasteiger partial charge in [-0.3, -0.25) is 0 Å². The second kappa shape index (κ2) is 5.37. The van der Waals surface area contributed by atoms with Crippen molar-refractivity contribution in [2.24, 2.45) is 0 Å². The third-order valence-electron chi connectivity index (χ3n) is 2.35. The van der Waals surface area contributed by atoms with E-state index < -0.39 is 6.29 Å². The zero-order valence-electron chi connectivity index (χ0n) is 7.91. The molecule has 13 heavy (non-hydrogen) atoms. The van der Waals surface area contributed by atoms with Crippen LogP contribution in [0.3, 0.4) is 0 Å². The first-order valence-corrected chi connectivity index (χ1v) is 4.83. The third-order valence-corrected chi connectivity index (χ3v) is 2.35. The van der Waals surface area contributed by atoms with Crippen LogP contribution in [0.15, 0.2) is 12.2 Å². The van der Waals surface area contributed by atoms with Gasteiger partial charge in [0.2, 0.25) is 0 Å². The summed E-state index contributed by atoms with van der Waals surface area (Å²) in [4.78, 5) is 0. The topological polar surface area (TPSA) is 49.7 Å². The Bertz CT molecular complexity index is 162. The second-order valence-electron chi connectivity index (χ2n) is 3.58. The van der Waals surface area contributed by atoms with Gasteiger partial charge < -0.3 is 14.9 Å². The Morgan fingerprint density at radius 2 is 2.00 bits per heavy atom. The molecule has 0 aromatic carbocycles. The van der Waals surface area contributed by atoms with Crippen LogP contribution < -0.4 is 0 Å². The van der Waals surface area contributed by atoms with Gasteiger partial charge in [0.25, 0.3) is 0 Å². The molecule has 2 aliphatic rings. The van der Waals surface area contributed by atoms with Gasteiger partial charge in [-0.05, 0) is 25.7 Å². The molecule has 3 heteroatoms. The van der Waals surface area contributed by atoms with Gasteiger partial charge in [0.05, 0.1) is 12.7 Å². The molecule has 0 aromatic rings. The first-order chi connectivity index (χ1) is 6.22. The summed E-state index contributed by atoms with van der Waals surface area (Å²) in [5.41, 5.74) is 1.44. The second-order valence-corrected chi connectivity index (χ2v) is 3.58. The van der Waals surface area contributed by atoms with Crippen LogP contribution in [-0.2, 0) is 4.74 Å². The van der Waals surface area contributed by atoms with E-state index in [4.69, 9.17) is 14.9 Å². The predicted octanol–water partition coefficient (Wildman–Crippen LogP) is 1.20. The monoisotopic (exact) mass is 186 g/mol.